The molecule has 0 aromatic heterocycles. The van der Waals surface area contributed by atoms with E-state index in [-0.39, 0.29) is 5.78 Å². The molecule has 2 aliphatic heterocycles. The molecule has 0 bridgehead atoms. The van der Waals surface area contributed by atoms with Crippen molar-refractivity contribution in [3.63, 3.8) is 0 Å². The second-order valence-electron chi connectivity index (χ2n) is 5.96. The Labute approximate surface area is 148 Å². The molecule has 0 spiro atoms. The number of carbonyl (C=O) groups excluding carboxylic acids is 2. The van der Waals surface area contributed by atoms with Crippen LogP contribution in [0.4, 0.5) is 5.69 Å². The van der Waals surface area contributed by atoms with Crippen molar-refractivity contribution in [2.75, 3.05) is 18.5 Å². The van der Waals surface area contributed by atoms with Gasteiger partial charge in [-0.3, -0.25) is 9.59 Å². The fourth-order valence-corrected chi connectivity index (χ4v) is 3.21. The van der Waals surface area contributed by atoms with Crippen LogP contribution in [0.2, 0.25) is 5.02 Å². The molecule has 1 unspecified atom stereocenters. The topological polar surface area (TPSA) is 84.9 Å². The van der Waals surface area contributed by atoms with Crippen molar-refractivity contribution in [2.45, 2.75) is 12.0 Å². The highest BCUT2D eigenvalue weighted by Gasteiger charge is 2.47. The molecule has 2 aromatic carbocycles. The number of hydrogen-bond acceptors (Lipinski definition) is 5. The molecular weight excluding hydrogens is 346 g/mol. The van der Waals surface area contributed by atoms with Gasteiger partial charge in [0.05, 0.1) is 6.42 Å². The SMILES string of the molecule is O=C(CC1(O)C(=O)Nc2ccc(Cl)cc21)c1ccc2c(c1)OCCO2. The summed E-state index contributed by atoms with van der Waals surface area (Å²) in [4.78, 5) is 24.9. The fraction of sp³-hybridized carbons (Fsp3) is 0.222. The van der Waals surface area contributed by atoms with E-state index in [9.17, 15) is 14.7 Å². The van der Waals surface area contributed by atoms with Gasteiger partial charge < -0.3 is 19.9 Å². The molecule has 128 valence electrons. The normalized spacial score (nSPS) is 20.8. The Morgan fingerprint density at radius 3 is 2.72 bits per heavy atom. The van der Waals surface area contributed by atoms with Crippen molar-refractivity contribution < 1.29 is 24.2 Å². The molecule has 0 radical (unpaired) electrons. The Hall–Kier alpha value is -2.57. The molecule has 4 rings (SSSR count). The monoisotopic (exact) mass is 359 g/mol. The summed E-state index contributed by atoms with van der Waals surface area (Å²) in [6.07, 6.45) is -0.397. The van der Waals surface area contributed by atoms with Gasteiger partial charge in [0.15, 0.2) is 22.9 Å². The van der Waals surface area contributed by atoms with Crippen LogP contribution in [0.3, 0.4) is 0 Å². The van der Waals surface area contributed by atoms with Gasteiger partial charge in [0.1, 0.15) is 13.2 Å². The lowest BCUT2D eigenvalue weighted by atomic mass is 9.88. The highest BCUT2D eigenvalue weighted by molar-refractivity contribution is 6.31. The summed E-state index contributed by atoms with van der Waals surface area (Å²) < 4.78 is 10.9. The van der Waals surface area contributed by atoms with E-state index >= 15 is 0 Å². The highest BCUT2D eigenvalue weighted by atomic mass is 35.5. The first-order valence-electron chi connectivity index (χ1n) is 7.74. The number of Topliss-reactive ketones (excluding diaryl/α,β-unsaturated/α-hetero) is 1. The van der Waals surface area contributed by atoms with Gasteiger partial charge >= 0.3 is 0 Å². The van der Waals surface area contributed by atoms with E-state index in [2.05, 4.69) is 5.32 Å². The number of carbonyl (C=O) groups is 2. The van der Waals surface area contributed by atoms with E-state index in [1.54, 1.807) is 30.3 Å². The maximum atomic E-state index is 12.7. The van der Waals surface area contributed by atoms with Gasteiger partial charge in [-0.1, -0.05) is 11.6 Å². The van der Waals surface area contributed by atoms with E-state index in [0.717, 1.165) is 0 Å². The lowest BCUT2D eigenvalue weighted by Crippen LogP contribution is -2.36. The third kappa shape index (κ3) is 2.63. The smallest absolute Gasteiger partial charge is 0.261 e. The number of ketones is 1. The van der Waals surface area contributed by atoms with E-state index in [4.69, 9.17) is 21.1 Å². The minimum Gasteiger partial charge on any atom is -0.486 e. The van der Waals surface area contributed by atoms with Crippen molar-refractivity contribution in [1.29, 1.82) is 0 Å². The number of halogens is 1. The van der Waals surface area contributed by atoms with Crippen molar-refractivity contribution >= 4 is 29.0 Å². The summed E-state index contributed by atoms with van der Waals surface area (Å²) in [5.74, 6) is 0.0127. The molecule has 2 aromatic rings. The van der Waals surface area contributed by atoms with E-state index in [1.165, 1.54) is 6.07 Å². The first kappa shape index (κ1) is 15.9. The van der Waals surface area contributed by atoms with Crippen LogP contribution in [0.1, 0.15) is 22.3 Å². The summed E-state index contributed by atoms with van der Waals surface area (Å²) in [6.45, 7) is 0.862. The Balaban J connectivity index is 1.65. The maximum Gasteiger partial charge on any atom is 0.261 e. The number of ether oxygens (including phenoxy) is 2. The molecule has 6 nitrogen and oxygen atoms in total. The first-order valence-corrected chi connectivity index (χ1v) is 8.12. The van der Waals surface area contributed by atoms with Gasteiger partial charge in [-0.2, -0.15) is 0 Å². The molecule has 2 aliphatic rings. The second-order valence-corrected chi connectivity index (χ2v) is 6.40. The quantitative estimate of drug-likeness (QED) is 0.823. The first-order chi connectivity index (χ1) is 12.0. The maximum absolute atomic E-state index is 12.7. The van der Waals surface area contributed by atoms with Crippen LogP contribution in [0.15, 0.2) is 36.4 Å². The zero-order chi connectivity index (χ0) is 17.6. The average Bonchev–Trinajstić information content (AvgIpc) is 2.85. The average molecular weight is 360 g/mol. The molecule has 25 heavy (non-hydrogen) atoms. The second kappa shape index (κ2) is 5.75. The lowest BCUT2D eigenvalue weighted by Gasteiger charge is -2.21. The standard InChI is InChI=1S/C18H14ClNO5/c19-11-2-3-13-12(8-11)18(23,17(22)20-13)9-14(21)10-1-4-15-16(7-10)25-6-5-24-15/h1-4,7-8,23H,5-6,9H2,(H,20,22). The van der Waals surface area contributed by atoms with Crippen LogP contribution in [-0.2, 0) is 10.4 Å². The number of nitrogens with one attached hydrogen (secondary N) is 1. The molecule has 0 fully saturated rings. The van der Waals surface area contributed by atoms with E-state index in [0.29, 0.717) is 46.5 Å². The Morgan fingerprint density at radius 1 is 1.16 bits per heavy atom. The van der Waals surface area contributed by atoms with Crippen molar-refractivity contribution in [3.05, 3.63) is 52.5 Å². The Kier molecular flexibility index (Phi) is 3.67. The zero-order valence-electron chi connectivity index (χ0n) is 13.0. The van der Waals surface area contributed by atoms with Crippen LogP contribution in [0, 0.1) is 0 Å². The number of hydrogen-bond donors (Lipinski definition) is 2. The fourth-order valence-electron chi connectivity index (χ4n) is 3.04. The van der Waals surface area contributed by atoms with E-state index in [1.807, 2.05) is 0 Å². The minimum absolute atomic E-state index is 0.302. The predicted molar refractivity (Wildman–Crippen MR) is 90.4 cm³/mol. The summed E-state index contributed by atoms with van der Waals surface area (Å²) in [5.41, 5.74) is -0.867. The van der Waals surface area contributed by atoms with Gasteiger partial charge in [0.25, 0.3) is 5.91 Å². The van der Waals surface area contributed by atoms with Gasteiger partial charge in [-0.15, -0.1) is 0 Å². The molecule has 0 saturated heterocycles. The lowest BCUT2D eigenvalue weighted by molar-refractivity contribution is -0.133. The molecule has 1 atom stereocenters. The summed E-state index contributed by atoms with van der Waals surface area (Å²) in [5, 5.41) is 13.8. The van der Waals surface area contributed by atoms with Crippen molar-refractivity contribution in [1.82, 2.24) is 0 Å². The zero-order valence-corrected chi connectivity index (χ0v) is 13.8. The largest absolute Gasteiger partial charge is 0.486 e. The van der Waals surface area contributed by atoms with Crippen LogP contribution >= 0.6 is 11.6 Å². The molecule has 7 heteroatoms. The number of fused-ring (bicyclic) bond motifs is 2. The Morgan fingerprint density at radius 2 is 1.92 bits per heavy atom. The summed E-state index contributed by atoms with van der Waals surface area (Å²) in [6, 6.07) is 9.49. The molecular formula is C18H14ClNO5. The Bertz CT molecular complexity index is 897. The number of anilines is 1. The van der Waals surface area contributed by atoms with Crippen molar-refractivity contribution in [3.8, 4) is 11.5 Å². The van der Waals surface area contributed by atoms with Gasteiger partial charge in [0, 0.05) is 21.8 Å². The molecule has 0 aliphatic carbocycles. The molecule has 0 saturated carbocycles. The van der Waals surface area contributed by atoms with Gasteiger partial charge in [-0.05, 0) is 36.4 Å². The van der Waals surface area contributed by atoms with Crippen LogP contribution < -0.4 is 14.8 Å². The van der Waals surface area contributed by atoms with Gasteiger partial charge in [-0.25, -0.2) is 0 Å². The third-order valence-electron chi connectivity index (χ3n) is 4.33. The van der Waals surface area contributed by atoms with Crippen LogP contribution in [0.25, 0.3) is 0 Å². The third-order valence-corrected chi connectivity index (χ3v) is 4.57. The number of rotatable bonds is 3. The van der Waals surface area contributed by atoms with Gasteiger partial charge in [0.2, 0.25) is 0 Å². The van der Waals surface area contributed by atoms with Crippen molar-refractivity contribution in [2.24, 2.45) is 0 Å². The number of aliphatic hydroxyl groups is 1. The molecule has 2 N–H and O–H groups in total. The summed E-state index contributed by atoms with van der Waals surface area (Å²) in [7, 11) is 0. The summed E-state index contributed by atoms with van der Waals surface area (Å²) >= 11 is 5.97. The number of amides is 1. The number of benzene rings is 2. The predicted octanol–water partition coefficient (Wildman–Crippen LogP) is 2.52. The molecule has 1 amide bonds. The van der Waals surface area contributed by atoms with Crippen LogP contribution in [0.5, 0.6) is 11.5 Å². The molecule has 2 heterocycles. The van der Waals surface area contributed by atoms with E-state index < -0.39 is 17.9 Å². The highest BCUT2D eigenvalue weighted by Crippen LogP contribution is 2.41. The minimum atomic E-state index is -1.95. The van der Waals surface area contributed by atoms with Crippen LogP contribution in [-0.4, -0.2) is 30.0 Å².